The van der Waals surface area contributed by atoms with Gasteiger partial charge >= 0.3 is 16.4 Å². The first kappa shape index (κ1) is 62.8. The molecular weight excluding hydrogens is 1080 g/mol. The van der Waals surface area contributed by atoms with Gasteiger partial charge in [0.15, 0.2) is 25.2 Å². The molecule has 25 nitrogen and oxygen atoms in total. The smallest absolute Gasteiger partial charge is 0.397 e. The van der Waals surface area contributed by atoms with E-state index in [1.165, 1.54) is 14.0 Å². The molecule has 4 unspecified atom stereocenters. The van der Waals surface area contributed by atoms with Gasteiger partial charge in [0.05, 0.1) is 38.1 Å². The van der Waals surface area contributed by atoms with Gasteiger partial charge < -0.3 is 98.4 Å². The number of fused-ring (bicyclic) bond motifs is 4. The number of cyclic esters (lactones) is 1. The molecule has 26 heteroatoms. The topological polar surface area (TPSA) is 375 Å². The Balaban J connectivity index is 0.904. The van der Waals surface area contributed by atoms with E-state index in [2.05, 4.69) is 48.5 Å². The van der Waals surface area contributed by atoms with Crippen LogP contribution in [0.3, 0.4) is 0 Å². The molecule has 0 aromatic heterocycles. The van der Waals surface area contributed by atoms with Crippen LogP contribution in [0.1, 0.15) is 113 Å². The van der Waals surface area contributed by atoms with Crippen molar-refractivity contribution in [2.24, 2.45) is 45.3 Å². The number of esters is 1. The Hall–Kier alpha value is -1.68. The van der Waals surface area contributed by atoms with E-state index in [1.807, 2.05) is 6.08 Å². The Kier molecular flexibility index (Phi) is 18.2. The Morgan fingerprint density at radius 3 is 1.90 bits per heavy atom. The van der Waals surface area contributed by atoms with Crippen molar-refractivity contribution < 1.29 is 120 Å². The highest BCUT2D eigenvalue weighted by atomic mass is 32.3. The summed E-state index contributed by atoms with van der Waals surface area (Å²) in [5.74, 6) is 0.0424. The van der Waals surface area contributed by atoms with Gasteiger partial charge in [0.1, 0.15) is 96.5 Å². The maximum Gasteiger partial charge on any atom is 0.397 e. The third-order valence-corrected chi connectivity index (χ3v) is 21.1. The molecule has 5 aliphatic heterocycles. The van der Waals surface area contributed by atoms with Gasteiger partial charge in [-0.15, -0.1) is 0 Å². The highest BCUT2D eigenvalue weighted by molar-refractivity contribution is 7.80. The molecule has 5 heterocycles. The lowest BCUT2D eigenvalue weighted by atomic mass is 9.40. The standard InChI is InChI=1S/C54H88O25S/c1-23(2)11-10-16-53(8)31-14-18-52(7)25-12-13-30-50(4,5)33(15-17-51(30,6)26(25)19-32(57)54(31,52)49(65)78-53)74-48-44(36(60)29(22-70-48)79-80(66,67)68)77-45-38(62)37(61)41(24(3)71-45)75-47-40(64)43(35(59)28(21-56)73-47)76-46-39(63)42(69-9)34(58)27(20-55)72-46/h19,23-25,27-48,55-64H,10-18,20-22H2,1-9H3,(H,66,67,68)/t24-,25?,27-,28-,29-,30?,31-,32?,33+,34-,35-,36+,37-,38-,39-,40-,41-,42+,43+,44-,45+,46+,47+,48+,51-,52+,53+,54?/m1/s1. The molecule has 0 bridgehead atoms. The second-order valence-corrected chi connectivity index (χ2v) is 26.9. The van der Waals surface area contributed by atoms with Crippen LogP contribution in [0.15, 0.2) is 11.6 Å². The Labute approximate surface area is 467 Å². The maximum atomic E-state index is 14.4. The molecule has 3 saturated carbocycles. The van der Waals surface area contributed by atoms with E-state index >= 15 is 0 Å². The van der Waals surface area contributed by atoms with Crippen molar-refractivity contribution in [3.05, 3.63) is 11.6 Å². The van der Waals surface area contributed by atoms with Crippen LogP contribution in [0.4, 0.5) is 0 Å². The third kappa shape index (κ3) is 10.6. The number of aliphatic hydroxyl groups is 10. The lowest BCUT2D eigenvalue weighted by Crippen LogP contribution is -2.67. The quantitative estimate of drug-likeness (QED) is 0.0378. The summed E-state index contributed by atoms with van der Waals surface area (Å²) >= 11 is 0. The predicted octanol–water partition coefficient (Wildman–Crippen LogP) is -0.510. The number of carbonyl (C=O) groups excluding carboxylic acids is 1. The second-order valence-electron chi connectivity index (χ2n) is 25.9. The zero-order valence-corrected chi connectivity index (χ0v) is 47.9. The van der Waals surface area contributed by atoms with Gasteiger partial charge in [-0.1, -0.05) is 59.6 Å². The van der Waals surface area contributed by atoms with E-state index < -0.39 is 186 Å². The van der Waals surface area contributed by atoms with Crippen molar-refractivity contribution in [1.29, 1.82) is 0 Å². The molecule has 8 fully saturated rings. The molecule has 0 aromatic rings. The number of ether oxygens (including phenoxy) is 10. The van der Waals surface area contributed by atoms with Crippen LogP contribution in [0.5, 0.6) is 0 Å². The van der Waals surface area contributed by atoms with E-state index in [-0.39, 0.29) is 23.7 Å². The Morgan fingerprint density at radius 1 is 0.688 bits per heavy atom. The Morgan fingerprint density at radius 2 is 1.29 bits per heavy atom. The monoisotopic (exact) mass is 1170 g/mol. The normalized spacial score (nSPS) is 51.2. The SMILES string of the molecule is CO[C@@H]1[C@@H](O)[C@H](O[C@@H]2[C@@H](O)[C@H](O[C@H]3[C@H](O)[C@@H](O)[C@H](O[C@H]4[C@H](O[C@H]5CC[C@]6(C)C7=CC(O)C89C(=O)O[C@@](C)(CCCC(C)C)[C@H]8CC[C@@]9(C)C7CCC6C5(C)C)OC[C@@H](OS(=O)(=O)O)[C@@H]4O)O[C@@H]3C)O[C@H](CO)[C@H]2O)O[C@H](CO)[C@H]1O. The summed E-state index contributed by atoms with van der Waals surface area (Å²) in [6.07, 6.45) is -24.9. The van der Waals surface area contributed by atoms with Gasteiger partial charge in [-0.2, -0.15) is 8.42 Å². The summed E-state index contributed by atoms with van der Waals surface area (Å²) in [6, 6.07) is 0. The molecule has 4 aliphatic carbocycles. The van der Waals surface area contributed by atoms with Crippen LogP contribution in [0.2, 0.25) is 0 Å². The maximum absolute atomic E-state index is 14.4. The van der Waals surface area contributed by atoms with Crippen LogP contribution < -0.4 is 0 Å². The summed E-state index contributed by atoms with van der Waals surface area (Å²) in [5.41, 5.74) is -2.26. The lowest BCUT2D eigenvalue weighted by Gasteiger charge is -2.64. The summed E-state index contributed by atoms with van der Waals surface area (Å²) in [4.78, 5) is 14.4. The van der Waals surface area contributed by atoms with Gasteiger partial charge in [-0.05, 0) is 99.2 Å². The highest BCUT2D eigenvalue weighted by Gasteiger charge is 2.79. The second kappa shape index (κ2) is 23.2. The molecule has 5 saturated heterocycles. The molecular formula is C54H88O25S. The number of rotatable bonds is 17. The fourth-order valence-electron chi connectivity index (χ4n) is 16.4. The first-order valence-corrected chi connectivity index (χ1v) is 29.8. The van der Waals surface area contributed by atoms with Crippen LogP contribution in [-0.4, -0.2) is 231 Å². The molecule has 9 aliphatic rings. The van der Waals surface area contributed by atoms with Crippen molar-refractivity contribution in [2.45, 2.75) is 248 Å². The minimum absolute atomic E-state index is 0.00504. The summed E-state index contributed by atoms with van der Waals surface area (Å²) in [6.45, 7) is 14.2. The van der Waals surface area contributed by atoms with Crippen LogP contribution in [-0.2, 0) is 66.7 Å². The largest absolute Gasteiger partial charge is 0.459 e. The average molecular weight is 1170 g/mol. The molecule has 11 N–H and O–H groups in total. The summed E-state index contributed by atoms with van der Waals surface area (Å²) < 4.78 is 98.1. The molecule has 0 radical (unpaired) electrons. The van der Waals surface area contributed by atoms with E-state index in [4.69, 9.17) is 51.6 Å². The van der Waals surface area contributed by atoms with Crippen LogP contribution in [0, 0.1) is 45.3 Å². The van der Waals surface area contributed by atoms with Gasteiger partial charge in [0.2, 0.25) is 0 Å². The first-order chi connectivity index (χ1) is 37.4. The molecule has 460 valence electrons. The van der Waals surface area contributed by atoms with Crippen LogP contribution in [0.25, 0.3) is 0 Å². The van der Waals surface area contributed by atoms with Crippen molar-refractivity contribution in [3.8, 4) is 0 Å². The molecule has 1 spiro atoms. The van der Waals surface area contributed by atoms with Gasteiger partial charge in [-0.3, -0.25) is 9.35 Å². The fourth-order valence-corrected chi connectivity index (χ4v) is 16.9. The average Bonchev–Trinajstić information content (AvgIpc) is 2.40. The van der Waals surface area contributed by atoms with E-state index in [0.29, 0.717) is 18.8 Å². The fraction of sp³-hybridized carbons (Fsp3) is 0.944. The number of hydrogen-bond donors (Lipinski definition) is 11. The minimum Gasteiger partial charge on any atom is -0.459 e. The molecule has 28 atom stereocenters. The number of hydrogen-bond acceptors (Lipinski definition) is 24. The van der Waals surface area contributed by atoms with Gasteiger partial charge in [0, 0.05) is 13.0 Å². The lowest BCUT2D eigenvalue weighted by molar-refractivity contribution is -0.389. The highest BCUT2D eigenvalue weighted by Crippen LogP contribution is 2.76. The minimum atomic E-state index is -5.17. The van der Waals surface area contributed by atoms with Crippen molar-refractivity contribution in [2.75, 3.05) is 26.9 Å². The summed E-state index contributed by atoms with van der Waals surface area (Å²) in [7, 11) is -3.98. The number of carbonyl (C=O) groups is 1. The zero-order valence-electron chi connectivity index (χ0n) is 47.0. The predicted molar refractivity (Wildman–Crippen MR) is 272 cm³/mol. The number of methoxy groups -OCH3 is 1. The molecule has 9 rings (SSSR count). The molecule has 80 heavy (non-hydrogen) atoms. The molecule has 0 aromatic carbocycles. The first-order valence-electron chi connectivity index (χ1n) is 28.4. The van der Waals surface area contributed by atoms with Gasteiger partial charge in [-0.25, -0.2) is 4.18 Å². The third-order valence-electron chi connectivity index (χ3n) is 20.6. The van der Waals surface area contributed by atoms with E-state index in [1.54, 1.807) is 0 Å². The van der Waals surface area contributed by atoms with E-state index in [9.17, 15) is 68.8 Å². The Bertz CT molecular complexity index is 2330. The number of aliphatic hydroxyl groups excluding tert-OH is 10. The van der Waals surface area contributed by atoms with Crippen molar-refractivity contribution >= 4 is 16.4 Å². The number of allylic oxidation sites excluding steroid dienone is 1. The summed E-state index contributed by atoms with van der Waals surface area (Å²) in [5, 5.41) is 112. The van der Waals surface area contributed by atoms with Crippen molar-refractivity contribution in [3.63, 3.8) is 0 Å². The van der Waals surface area contributed by atoms with E-state index in [0.717, 1.165) is 50.5 Å². The molecule has 0 amide bonds. The van der Waals surface area contributed by atoms with Crippen LogP contribution >= 0.6 is 0 Å². The zero-order chi connectivity index (χ0) is 58.6. The van der Waals surface area contributed by atoms with Crippen molar-refractivity contribution in [1.82, 2.24) is 0 Å². The van der Waals surface area contributed by atoms with Gasteiger partial charge in [0.25, 0.3) is 0 Å².